The molecule has 1 aliphatic heterocycles. The highest BCUT2D eigenvalue weighted by atomic mass is 19.4. The zero-order valence-electron chi connectivity index (χ0n) is 20.0. The molecule has 0 radical (unpaired) electrons. The molecule has 3 N–H and O–H groups in total. The van der Waals surface area contributed by atoms with Crippen molar-refractivity contribution < 1.29 is 27.9 Å². The number of alkyl halides is 3. The number of amides is 1. The second kappa shape index (κ2) is 10.1. The first-order valence-electron chi connectivity index (χ1n) is 12.6. The molecule has 9 heteroatoms. The monoisotopic (exact) mass is 503 g/mol. The van der Waals surface area contributed by atoms with Crippen molar-refractivity contribution in [1.29, 1.82) is 0 Å². The Bertz CT molecular complexity index is 1050. The van der Waals surface area contributed by atoms with E-state index >= 15 is 0 Å². The van der Waals surface area contributed by atoms with Gasteiger partial charge in [0.2, 0.25) is 0 Å². The van der Waals surface area contributed by atoms with Crippen LogP contribution in [0.1, 0.15) is 53.6 Å². The molecule has 0 aromatic heterocycles. The lowest BCUT2D eigenvalue weighted by atomic mass is 9.89. The van der Waals surface area contributed by atoms with Crippen molar-refractivity contribution in [1.82, 2.24) is 15.7 Å². The topological polar surface area (TPSA) is 73.8 Å². The van der Waals surface area contributed by atoms with Crippen LogP contribution < -0.4 is 10.8 Å². The van der Waals surface area contributed by atoms with Gasteiger partial charge in [-0.15, -0.1) is 0 Å². The SMILES string of the molecule is O=C(NCON[C@@H]1CCN(C2C[C@@H]3CC(O)(c4ccccc4)C[C@@H]3C2)C1)c1cccc(C(F)(F)F)c1. The molecule has 3 fully saturated rings. The fourth-order valence-electron chi connectivity index (χ4n) is 6.33. The van der Waals surface area contributed by atoms with Crippen LogP contribution >= 0.6 is 0 Å². The van der Waals surface area contributed by atoms with Crippen molar-refractivity contribution in [2.24, 2.45) is 11.8 Å². The number of hydrogen-bond acceptors (Lipinski definition) is 5. The highest BCUT2D eigenvalue weighted by Crippen LogP contribution is 2.53. The van der Waals surface area contributed by atoms with Crippen LogP contribution in [0.25, 0.3) is 0 Å². The summed E-state index contributed by atoms with van der Waals surface area (Å²) in [7, 11) is 0. The summed E-state index contributed by atoms with van der Waals surface area (Å²) in [5.41, 5.74) is 2.38. The molecule has 2 saturated carbocycles. The number of carbonyl (C=O) groups excluding carboxylic acids is 1. The maximum absolute atomic E-state index is 12.8. The van der Waals surface area contributed by atoms with Crippen LogP contribution in [0.2, 0.25) is 0 Å². The van der Waals surface area contributed by atoms with Gasteiger partial charge in [-0.1, -0.05) is 36.4 Å². The Morgan fingerprint density at radius 1 is 1.08 bits per heavy atom. The number of fused-ring (bicyclic) bond motifs is 1. The molecular formula is C27H32F3N3O3. The molecule has 2 aromatic rings. The number of benzene rings is 2. The van der Waals surface area contributed by atoms with Crippen molar-refractivity contribution in [3.8, 4) is 0 Å². The van der Waals surface area contributed by atoms with Crippen LogP contribution in [0.4, 0.5) is 13.2 Å². The van der Waals surface area contributed by atoms with Crippen LogP contribution in [-0.4, -0.2) is 47.8 Å². The molecular weight excluding hydrogens is 471 g/mol. The predicted molar refractivity (Wildman–Crippen MR) is 128 cm³/mol. The van der Waals surface area contributed by atoms with Gasteiger partial charge < -0.3 is 10.4 Å². The zero-order valence-corrected chi connectivity index (χ0v) is 20.0. The third-order valence-corrected chi connectivity index (χ3v) is 8.07. The van der Waals surface area contributed by atoms with Gasteiger partial charge in [-0.2, -0.15) is 18.7 Å². The third kappa shape index (κ3) is 5.44. The number of hydroxylamine groups is 1. The minimum Gasteiger partial charge on any atom is -0.385 e. The molecule has 0 spiro atoms. The Kier molecular flexibility index (Phi) is 7.09. The van der Waals surface area contributed by atoms with E-state index in [0.29, 0.717) is 17.9 Å². The number of rotatable bonds is 7. The number of nitrogens with one attached hydrogen (secondary N) is 2. The van der Waals surface area contributed by atoms with Gasteiger partial charge in [-0.3, -0.25) is 14.5 Å². The van der Waals surface area contributed by atoms with E-state index in [4.69, 9.17) is 4.84 Å². The quantitative estimate of drug-likeness (QED) is 0.302. The summed E-state index contributed by atoms with van der Waals surface area (Å²) in [5, 5.41) is 13.7. The highest BCUT2D eigenvalue weighted by Gasteiger charge is 2.50. The first-order chi connectivity index (χ1) is 17.2. The fraction of sp³-hybridized carbons (Fsp3) is 0.519. The summed E-state index contributed by atoms with van der Waals surface area (Å²) in [5.74, 6) is 0.452. The molecule has 5 atom stereocenters. The normalized spacial score (nSPS) is 30.4. The number of carbonyl (C=O) groups is 1. The average Bonchev–Trinajstić information content (AvgIpc) is 3.56. The second-order valence-corrected chi connectivity index (χ2v) is 10.4. The smallest absolute Gasteiger partial charge is 0.385 e. The molecule has 1 amide bonds. The molecule has 1 heterocycles. The van der Waals surface area contributed by atoms with Crippen LogP contribution in [0.15, 0.2) is 54.6 Å². The largest absolute Gasteiger partial charge is 0.416 e. The van der Waals surface area contributed by atoms with E-state index < -0.39 is 23.2 Å². The van der Waals surface area contributed by atoms with E-state index in [2.05, 4.69) is 15.7 Å². The Balaban J connectivity index is 1.03. The molecule has 36 heavy (non-hydrogen) atoms. The lowest BCUT2D eigenvalue weighted by Crippen LogP contribution is -2.39. The molecule has 1 saturated heterocycles. The summed E-state index contributed by atoms with van der Waals surface area (Å²) in [6, 6.07) is 14.9. The minimum absolute atomic E-state index is 0.0635. The first-order valence-corrected chi connectivity index (χ1v) is 12.6. The number of halogens is 3. The van der Waals surface area contributed by atoms with Crippen molar-refractivity contribution in [2.45, 2.75) is 56.0 Å². The first kappa shape index (κ1) is 25.2. The molecule has 2 aliphatic carbocycles. The van der Waals surface area contributed by atoms with Crippen molar-refractivity contribution in [2.75, 3.05) is 19.8 Å². The van der Waals surface area contributed by atoms with Gasteiger partial charge in [0.25, 0.3) is 5.91 Å². The Hall–Kier alpha value is -2.46. The number of nitrogens with zero attached hydrogens (tertiary/aromatic N) is 1. The third-order valence-electron chi connectivity index (χ3n) is 8.07. The molecule has 6 nitrogen and oxygen atoms in total. The van der Waals surface area contributed by atoms with E-state index in [-0.39, 0.29) is 18.3 Å². The second-order valence-electron chi connectivity index (χ2n) is 10.4. The summed E-state index contributed by atoms with van der Waals surface area (Å²) in [6.07, 6.45) is 0.261. The van der Waals surface area contributed by atoms with E-state index in [9.17, 15) is 23.1 Å². The molecule has 194 valence electrons. The Morgan fingerprint density at radius 3 is 2.50 bits per heavy atom. The molecule has 3 aliphatic rings. The van der Waals surface area contributed by atoms with Crippen LogP contribution in [0.5, 0.6) is 0 Å². The van der Waals surface area contributed by atoms with Gasteiger partial charge >= 0.3 is 6.18 Å². The van der Waals surface area contributed by atoms with Crippen molar-refractivity contribution >= 4 is 5.91 Å². The van der Waals surface area contributed by atoms with Gasteiger partial charge in [-0.05, 0) is 67.7 Å². The van der Waals surface area contributed by atoms with E-state index in [1.54, 1.807) is 0 Å². The minimum atomic E-state index is -4.50. The predicted octanol–water partition coefficient (Wildman–Crippen LogP) is 4.06. The molecule has 2 aromatic carbocycles. The Morgan fingerprint density at radius 2 is 1.81 bits per heavy atom. The summed E-state index contributed by atoms with van der Waals surface area (Å²) in [6.45, 7) is 1.66. The van der Waals surface area contributed by atoms with Gasteiger partial charge in [0.05, 0.1) is 11.2 Å². The van der Waals surface area contributed by atoms with E-state index in [0.717, 1.165) is 62.9 Å². The molecule has 5 rings (SSSR count). The maximum Gasteiger partial charge on any atom is 0.416 e. The number of likely N-dealkylation sites (tertiary alicyclic amines) is 1. The van der Waals surface area contributed by atoms with Crippen LogP contribution in [0, 0.1) is 11.8 Å². The zero-order chi connectivity index (χ0) is 25.3. The standard InChI is InChI=1S/C27H32F3N3O3/c28-27(29,30)22-8-4-5-18(11-22)25(34)31-17-36-32-23-9-10-33(16-23)24-12-19-14-26(35,15-20(19)13-24)21-6-2-1-3-7-21/h1-8,11,19-20,23-24,32,35H,9-10,12-17H2,(H,31,34)/t19-,20+,23-,24?,26?/m1/s1. The van der Waals surface area contributed by atoms with Crippen LogP contribution in [0.3, 0.4) is 0 Å². The fourth-order valence-corrected chi connectivity index (χ4v) is 6.33. The number of hydrogen-bond donors (Lipinski definition) is 3. The van der Waals surface area contributed by atoms with Crippen molar-refractivity contribution in [3.63, 3.8) is 0 Å². The van der Waals surface area contributed by atoms with Gasteiger partial charge in [0.15, 0.2) is 0 Å². The maximum atomic E-state index is 12.8. The van der Waals surface area contributed by atoms with Crippen molar-refractivity contribution in [3.05, 3.63) is 71.3 Å². The van der Waals surface area contributed by atoms with Gasteiger partial charge in [-0.25, -0.2) is 0 Å². The molecule has 0 bridgehead atoms. The van der Waals surface area contributed by atoms with E-state index in [1.165, 1.54) is 12.1 Å². The molecule has 2 unspecified atom stereocenters. The van der Waals surface area contributed by atoms with Crippen LogP contribution in [-0.2, 0) is 16.6 Å². The summed E-state index contributed by atoms with van der Waals surface area (Å²) in [4.78, 5) is 20.1. The lowest BCUT2D eigenvalue weighted by molar-refractivity contribution is -0.137. The summed E-state index contributed by atoms with van der Waals surface area (Å²) >= 11 is 0. The number of aliphatic hydroxyl groups is 1. The van der Waals surface area contributed by atoms with E-state index in [1.807, 2.05) is 30.3 Å². The Labute approximate surface area is 208 Å². The lowest BCUT2D eigenvalue weighted by Gasteiger charge is -2.28. The van der Waals surface area contributed by atoms with Gasteiger partial charge in [0.1, 0.15) is 6.73 Å². The van der Waals surface area contributed by atoms with Gasteiger partial charge in [0, 0.05) is 30.7 Å². The summed E-state index contributed by atoms with van der Waals surface area (Å²) < 4.78 is 38.5. The average molecular weight is 504 g/mol. The highest BCUT2D eigenvalue weighted by molar-refractivity contribution is 5.94.